The van der Waals surface area contributed by atoms with E-state index in [1.807, 2.05) is 0 Å². The first-order chi connectivity index (χ1) is 12.4. The number of carboxylic acid groups (broad SMARTS) is 1. The number of benzene rings is 1. The highest BCUT2D eigenvalue weighted by Gasteiger charge is 2.38. The van der Waals surface area contributed by atoms with Gasteiger partial charge < -0.3 is 15.2 Å². The molecule has 1 aliphatic heterocycles. The van der Waals surface area contributed by atoms with Gasteiger partial charge in [0.05, 0.1) is 22.0 Å². The maximum Gasteiger partial charge on any atom is 0.337 e. The van der Waals surface area contributed by atoms with Gasteiger partial charge in [0, 0.05) is 23.5 Å². The van der Waals surface area contributed by atoms with E-state index >= 15 is 0 Å². The second-order valence-corrected chi connectivity index (χ2v) is 7.29. The van der Waals surface area contributed by atoms with E-state index in [-0.39, 0.29) is 16.8 Å². The van der Waals surface area contributed by atoms with E-state index in [9.17, 15) is 24.8 Å². The Bertz CT molecular complexity index is 876. The fourth-order valence-electron chi connectivity index (χ4n) is 3.03. The molecule has 1 aliphatic rings. The van der Waals surface area contributed by atoms with Crippen LogP contribution in [-0.4, -0.2) is 27.6 Å². The van der Waals surface area contributed by atoms with E-state index < -0.39 is 28.4 Å². The summed E-state index contributed by atoms with van der Waals surface area (Å²) in [7, 11) is 0. The summed E-state index contributed by atoms with van der Waals surface area (Å²) in [5.74, 6) is -2.88. The Morgan fingerprint density at radius 3 is 2.30 bits per heavy atom. The zero-order chi connectivity index (χ0) is 20.5. The van der Waals surface area contributed by atoms with Crippen LogP contribution in [0.5, 0.6) is 0 Å². The molecule has 1 aromatic rings. The molecule has 0 saturated carbocycles. The Morgan fingerprint density at radius 1 is 1.19 bits per heavy atom. The number of hydrogen-bond acceptors (Lipinski definition) is 6. The molecule has 0 aliphatic carbocycles. The minimum absolute atomic E-state index is 0.0537. The summed E-state index contributed by atoms with van der Waals surface area (Å²) in [5.41, 5.74) is 0.247. The molecule has 1 atom stereocenters. The van der Waals surface area contributed by atoms with Crippen molar-refractivity contribution in [3.05, 3.63) is 62.5 Å². The molecule has 1 heterocycles. The summed E-state index contributed by atoms with van der Waals surface area (Å²) in [5, 5.41) is 23.8. The van der Waals surface area contributed by atoms with E-state index in [1.165, 1.54) is 18.2 Å². The zero-order valence-corrected chi connectivity index (χ0v) is 15.8. The van der Waals surface area contributed by atoms with E-state index in [1.54, 1.807) is 40.7 Å². The number of nitro groups is 1. The third-order valence-electron chi connectivity index (χ3n) is 4.02. The highest BCUT2D eigenvalue weighted by atomic mass is 16.6. The molecular formula is C19H22N2O6. The molecule has 0 aromatic heterocycles. The Morgan fingerprint density at radius 2 is 1.78 bits per heavy atom. The third-order valence-corrected chi connectivity index (χ3v) is 4.02. The molecule has 1 aromatic carbocycles. The molecule has 0 amide bonds. The summed E-state index contributed by atoms with van der Waals surface area (Å²) in [6, 6.07) is 5.62. The molecule has 2 N–H and O–H groups in total. The number of non-ortho nitro benzene ring substituents is 1. The molecule has 0 fully saturated rings. The maximum absolute atomic E-state index is 12.8. The van der Waals surface area contributed by atoms with Crippen molar-refractivity contribution in [2.75, 3.05) is 0 Å². The van der Waals surface area contributed by atoms with Gasteiger partial charge in [-0.15, -0.1) is 0 Å². The van der Waals surface area contributed by atoms with E-state index in [2.05, 4.69) is 5.32 Å². The van der Waals surface area contributed by atoms with Gasteiger partial charge >= 0.3 is 11.9 Å². The van der Waals surface area contributed by atoms with Gasteiger partial charge in [-0.2, -0.15) is 0 Å². The van der Waals surface area contributed by atoms with Crippen molar-refractivity contribution in [2.45, 2.75) is 46.1 Å². The molecule has 8 heteroatoms. The average molecular weight is 374 g/mol. The summed E-state index contributed by atoms with van der Waals surface area (Å²) in [4.78, 5) is 35.3. The predicted octanol–water partition coefficient (Wildman–Crippen LogP) is 3.26. The van der Waals surface area contributed by atoms with Crippen LogP contribution in [0.1, 0.15) is 46.1 Å². The topological polar surface area (TPSA) is 119 Å². The normalized spacial score (nSPS) is 17.4. The van der Waals surface area contributed by atoms with Crippen LogP contribution in [0, 0.1) is 10.1 Å². The van der Waals surface area contributed by atoms with E-state index in [4.69, 9.17) is 4.74 Å². The lowest BCUT2D eigenvalue weighted by Gasteiger charge is -2.31. The minimum Gasteiger partial charge on any atom is -0.478 e. The molecular weight excluding hydrogens is 352 g/mol. The number of dihydropyridines is 1. The van der Waals surface area contributed by atoms with Crippen LogP contribution in [0.3, 0.4) is 0 Å². The summed E-state index contributed by atoms with van der Waals surface area (Å²) in [6.45, 7) is 8.35. The molecule has 1 unspecified atom stereocenters. The van der Waals surface area contributed by atoms with Crippen molar-refractivity contribution in [3.63, 3.8) is 0 Å². The standard InChI is InChI=1S/C19H22N2O6/c1-10-14(17(22)23)16(12-7-6-8-13(9-12)21(25)26)15(11(2)20-10)18(24)27-19(3,4)5/h6-9,16,20H,1-5H3,(H,22,23). The summed E-state index contributed by atoms with van der Waals surface area (Å²) < 4.78 is 5.45. The smallest absolute Gasteiger partial charge is 0.337 e. The average Bonchev–Trinajstić information content (AvgIpc) is 2.51. The second kappa shape index (κ2) is 7.22. The summed E-state index contributed by atoms with van der Waals surface area (Å²) >= 11 is 0. The molecule has 144 valence electrons. The SMILES string of the molecule is CC1=C(C(=O)O)C(c2cccc([N+](=O)[O-])c2)C(C(=O)OC(C)(C)C)=C(C)N1. The second-order valence-electron chi connectivity index (χ2n) is 7.29. The van der Waals surface area contributed by atoms with Crippen molar-refractivity contribution >= 4 is 17.6 Å². The molecule has 0 saturated heterocycles. The quantitative estimate of drug-likeness (QED) is 0.472. The van der Waals surface area contributed by atoms with Crippen LogP contribution < -0.4 is 5.32 Å². The monoisotopic (exact) mass is 374 g/mol. The molecule has 27 heavy (non-hydrogen) atoms. The Hall–Kier alpha value is -3.16. The van der Waals surface area contributed by atoms with Gasteiger partial charge in [0.15, 0.2) is 0 Å². The van der Waals surface area contributed by atoms with Gasteiger partial charge in [0.1, 0.15) is 5.60 Å². The van der Waals surface area contributed by atoms with Gasteiger partial charge in [-0.3, -0.25) is 10.1 Å². The Balaban J connectivity index is 2.68. The first kappa shape index (κ1) is 20.2. The lowest BCUT2D eigenvalue weighted by atomic mass is 9.80. The minimum atomic E-state index is -1.22. The molecule has 0 bridgehead atoms. The number of allylic oxidation sites excluding steroid dienone is 2. The van der Waals surface area contributed by atoms with Crippen molar-refractivity contribution in [2.24, 2.45) is 0 Å². The number of aliphatic carboxylic acids is 1. The fraction of sp³-hybridized carbons (Fsp3) is 0.368. The van der Waals surface area contributed by atoms with Gasteiger partial charge in [-0.05, 0) is 40.2 Å². The van der Waals surface area contributed by atoms with Gasteiger partial charge in [0.2, 0.25) is 0 Å². The van der Waals surface area contributed by atoms with Crippen LogP contribution in [0.2, 0.25) is 0 Å². The highest BCUT2D eigenvalue weighted by molar-refractivity contribution is 5.99. The van der Waals surface area contributed by atoms with E-state index in [0.29, 0.717) is 17.0 Å². The number of nitrogens with one attached hydrogen (secondary N) is 1. The number of nitro benzene ring substituents is 1. The predicted molar refractivity (Wildman–Crippen MR) is 97.9 cm³/mol. The molecule has 0 spiro atoms. The molecule has 2 rings (SSSR count). The summed E-state index contributed by atoms with van der Waals surface area (Å²) in [6.07, 6.45) is 0. The first-order valence-corrected chi connectivity index (χ1v) is 8.32. The van der Waals surface area contributed by atoms with Crippen LogP contribution in [0.15, 0.2) is 46.8 Å². The molecule has 8 nitrogen and oxygen atoms in total. The van der Waals surface area contributed by atoms with Crippen LogP contribution in [-0.2, 0) is 14.3 Å². The van der Waals surface area contributed by atoms with E-state index in [0.717, 1.165) is 0 Å². The number of carbonyl (C=O) groups excluding carboxylic acids is 1. The van der Waals surface area contributed by atoms with Crippen molar-refractivity contribution < 1.29 is 24.4 Å². The Kier molecular flexibility index (Phi) is 5.39. The fourth-order valence-corrected chi connectivity index (χ4v) is 3.03. The van der Waals surface area contributed by atoms with Crippen LogP contribution >= 0.6 is 0 Å². The van der Waals surface area contributed by atoms with Gasteiger partial charge in [0.25, 0.3) is 5.69 Å². The number of esters is 1. The van der Waals surface area contributed by atoms with Crippen molar-refractivity contribution in [1.29, 1.82) is 0 Å². The van der Waals surface area contributed by atoms with Crippen LogP contribution in [0.4, 0.5) is 5.69 Å². The third kappa shape index (κ3) is 4.33. The van der Waals surface area contributed by atoms with Crippen molar-refractivity contribution in [1.82, 2.24) is 5.32 Å². The number of nitrogens with zero attached hydrogens (tertiary/aromatic N) is 1. The number of carboxylic acids is 1. The largest absolute Gasteiger partial charge is 0.478 e. The molecule has 0 radical (unpaired) electrons. The maximum atomic E-state index is 12.8. The van der Waals surface area contributed by atoms with Gasteiger partial charge in [-0.25, -0.2) is 9.59 Å². The highest BCUT2D eigenvalue weighted by Crippen LogP contribution is 2.40. The zero-order valence-electron chi connectivity index (χ0n) is 15.8. The number of rotatable bonds is 4. The first-order valence-electron chi connectivity index (χ1n) is 8.32. The van der Waals surface area contributed by atoms with Gasteiger partial charge in [-0.1, -0.05) is 12.1 Å². The number of ether oxygens (including phenoxy) is 1. The van der Waals surface area contributed by atoms with Crippen LogP contribution in [0.25, 0.3) is 0 Å². The lowest BCUT2D eigenvalue weighted by Crippen LogP contribution is -2.34. The lowest BCUT2D eigenvalue weighted by molar-refractivity contribution is -0.384. The Labute approximate surface area is 156 Å². The van der Waals surface area contributed by atoms with Crippen molar-refractivity contribution in [3.8, 4) is 0 Å². The number of hydrogen-bond donors (Lipinski definition) is 2. The number of carbonyl (C=O) groups is 2.